The summed E-state index contributed by atoms with van der Waals surface area (Å²) < 4.78 is 11.8. The van der Waals surface area contributed by atoms with Crippen LogP contribution in [0.15, 0.2) is 53.1 Å². The molecule has 28 heavy (non-hydrogen) atoms. The second kappa shape index (κ2) is 8.86. The van der Waals surface area contributed by atoms with Crippen molar-refractivity contribution in [2.75, 3.05) is 13.2 Å². The Balaban J connectivity index is 1.54. The van der Waals surface area contributed by atoms with Crippen LogP contribution in [-0.4, -0.2) is 34.1 Å². The van der Waals surface area contributed by atoms with E-state index < -0.39 is 0 Å². The third-order valence-electron chi connectivity index (χ3n) is 4.97. The molecule has 0 amide bonds. The average molecular weight is 398 g/mol. The SMILES string of the molecule is Cc1oc(-c2ccccc2Cl)nc1CN(Cc1ccccn1)CC1CCCO1. The van der Waals surface area contributed by atoms with Gasteiger partial charge in [0, 0.05) is 32.4 Å². The summed E-state index contributed by atoms with van der Waals surface area (Å²) in [7, 11) is 0. The van der Waals surface area contributed by atoms with Crippen molar-refractivity contribution >= 4 is 11.6 Å². The summed E-state index contributed by atoms with van der Waals surface area (Å²) in [5.41, 5.74) is 2.77. The fourth-order valence-electron chi connectivity index (χ4n) is 3.52. The minimum atomic E-state index is 0.263. The standard InChI is InChI=1S/C22H24ClN3O2/c1-16-21(25-22(28-16)19-9-2-3-10-20(19)23)15-26(14-18-8-6-12-27-18)13-17-7-4-5-11-24-17/h2-5,7,9-11,18H,6,8,12-15H2,1H3. The lowest BCUT2D eigenvalue weighted by Crippen LogP contribution is -2.32. The van der Waals surface area contributed by atoms with E-state index in [2.05, 4.69) is 9.88 Å². The molecule has 0 aliphatic carbocycles. The van der Waals surface area contributed by atoms with Gasteiger partial charge in [-0.3, -0.25) is 9.88 Å². The number of rotatable bonds is 7. The van der Waals surface area contributed by atoms with Crippen LogP contribution in [0, 0.1) is 6.92 Å². The number of hydrogen-bond acceptors (Lipinski definition) is 5. The number of hydrogen-bond donors (Lipinski definition) is 0. The summed E-state index contributed by atoms with van der Waals surface area (Å²) in [5.74, 6) is 1.38. The van der Waals surface area contributed by atoms with E-state index in [4.69, 9.17) is 25.7 Å². The number of aromatic nitrogens is 2. The summed E-state index contributed by atoms with van der Waals surface area (Å²) in [4.78, 5) is 11.6. The summed E-state index contributed by atoms with van der Waals surface area (Å²) in [5, 5.41) is 0.639. The first-order valence-corrected chi connectivity index (χ1v) is 10.0. The third-order valence-corrected chi connectivity index (χ3v) is 5.30. The van der Waals surface area contributed by atoms with Gasteiger partial charge in [-0.2, -0.15) is 0 Å². The fraction of sp³-hybridized carbons (Fsp3) is 0.364. The first kappa shape index (κ1) is 19.1. The largest absolute Gasteiger partial charge is 0.441 e. The number of pyridine rings is 1. The van der Waals surface area contributed by atoms with Crippen LogP contribution in [0.3, 0.4) is 0 Å². The van der Waals surface area contributed by atoms with Gasteiger partial charge in [0.25, 0.3) is 0 Å². The molecule has 0 radical (unpaired) electrons. The van der Waals surface area contributed by atoms with Crippen LogP contribution in [-0.2, 0) is 17.8 Å². The Bertz CT molecular complexity index is 907. The van der Waals surface area contributed by atoms with Gasteiger partial charge in [-0.15, -0.1) is 0 Å². The molecular formula is C22H24ClN3O2. The zero-order chi connectivity index (χ0) is 19.3. The van der Waals surface area contributed by atoms with Crippen LogP contribution in [0.5, 0.6) is 0 Å². The number of nitrogens with zero attached hydrogens (tertiary/aromatic N) is 3. The molecule has 0 N–H and O–H groups in total. The first-order chi connectivity index (χ1) is 13.7. The van der Waals surface area contributed by atoms with Crippen LogP contribution < -0.4 is 0 Å². The molecule has 1 fully saturated rings. The van der Waals surface area contributed by atoms with E-state index >= 15 is 0 Å². The minimum absolute atomic E-state index is 0.263. The van der Waals surface area contributed by atoms with Crippen molar-refractivity contribution in [3.05, 3.63) is 70.8 Å². The van der Waals surface area contributed by atoms with Crippen LogP contribution in [0.1, 0.15) is 30.0 Å². The van der Waals surface area contributed by atoms with Crippen molar-refractivity contribution < 1.29 is 9.15 Å². The number of halogens is 1. The van der Waals surface area contributed by atoms with Gasteiger partial charge in [-0.05, 0) is 44.0 Å². The highest BCUT2D eigenvalue weighted by molar-refractivity contribution is 6.33. The molecule has 146 valence electrons. The maximum Gasteiger partial charge on any atom is 0.228 e. The molecule has 4 rings (SSSR count). The number of benzene rings is 1. The second-order valence-electron chi connectivity index (χ2n) is 7.13. The normalized spacial score (nSPS) is 16.8. The van der Waals surface area contributed by atoms with E-state index in [1.807, 2.05) is 55.6 Å². The van der Waals surface area contributed by atoms with E-state index in [9.17, 15) is 0 Å². The van der Waals surface area contributed by atoms with E-state index in [0.717, 1.165) is 55.2 Å². The second-order valence-corrected chi connectivity index (χ2v) is 7.53. The van der Waals surface area contributed by atoms with Gasteiger partial charge < -0.3 is 9.15 Å². The molecule has 0 bridgehead atoms. The van der Waals surface area contributed by atoms with Gasteiger partial charge in [-0.25, -0.2) is 4.98 Å². The van der Waals surface area contributed by atoms with Gasteiger partial charge in [0.05, 0.1) is 28.1 Å². The third kappa shape index (κ3) is 4.61. The van der Waals surface area contributed by atoms with Crippen LogP contribution >= 0.6 is 11.6 Å². The molecule has 1 unspecified atom stereocenters. The van der Waals surface area contributed by atoms with Gasteiger partial charge >= 0.3 is 0 Å². The smallest absolute Gasteiger partial charge is 0.228 e. The Morgan fingerprint density at radius 1 is 1.14 bits per heavy atom. The molecule has 0 saturated carbocycles. The predicted molar refractivity (Wildman–Crippen MR) is 109 cm³/mol. The Labute approximate surface area is 170 Å². The van der Waals surface area contributed by atoms with Crippen molar-refractivity contribution in [1.82, 2.24) is 14.9 Å². The van der Waals surface area contributed by atoms with E-state index in [1.54, 1.807) is 0 Å². The Morgan fingerprint density at radius 3 is 2.75 bits per heavy atom. The van der Waals surface area contributed by atoms with Crippen molar-refractivity contribution in [1.29, 1.82) is 0 Å². The van der Waals surface area contributed by atoms with E-state index in [0.29, 0.717) is 17.5 Å². The first-order valence-electron chi connectivity index (χ1n) is 9.64. The molecule has 2 aromatic heterocycles. The van der Waals surface area contributed by atoms with Gasteiger partial charge in [0.15, 0.2) is 0 Å². The molecule has 3 heterocycles. The highest BCUT2D eigenvalue weighted by Crippen LogP contribution is 2.29. The number of ether oxygens (including phenoxy) is 1. The number of aryl methyl sites for hydroxylation is 1. The number of oxazole rings is 1. The predicted octanol–water partition coefficient (Wildman–Crippen LogP) is 4.88. The minimum Gasteiger partial charge on any atom is -0.441 e. The maximum atomic E-state index is 6.31. The molecule has 3 aromatic rings. The van der Waals surface area contributed by atoms with Crippen molar-refractivity contribution in [3.63, 3.8) is 0 Å². The summed E-state index contributed by atoms with van der Waals surface area (Å²) in [6.45, 7) is 5.07. The van der Waals surface area contributed by atoms with E-state index in [-0.39, 0.29) is 6.10 Å². The molecule has 1 saturated heterocycles. The molecule has 0 spiro atoms. The quantitative estimate of drug-likeness (QED) is 0.568. The Kier molecular flexibility index (Phi) is 6.05. The molecule has 1 aliphatic rings. The molecule has 6 heteroatoms. The van der Waals surface area contributed by atoms with Crippen LogP contribution in [0.4, 0.5) is 0 Å². The molecule has 1 aliphatic heterocycles. The summed E-state index contributed by atoms with van der Waals surface area (Å²) >= 11 is 6.31. The lowest BCUT2D eigenvalue weighted by molar-refractivity contribution is 0.0669. The average Bonchev–Trinajstić information content (AvgIpc) is 3.33. The van der Waals surface area contributed by atoms with Gasteiger partial charge in [0.2, 0.25) is 5.89 Å². The highest BCUT2D eigenvalue weighted by Gasteiger charge is 2.22. The van der Waals surface area contributed by atoms with Crippen LogP contribution in [0.25, 0.3) is 11.5 Å². The molecular weight excluding hydrogens is 374 g/mol. The van der Waals surface area contributed by atoms with Crippen LogP contribution in [0.2, 0.25) is 5.02 Å². The summed E-state index contributed by atoms with van der Waals surface area (Å²) in [6.07, 6.45) is 4.32. The van der Waals surface area contributed by atoms with Crippen molar-refractivity contribution in [2.24, 2.45) is 0 Å². The Hall–Kier alpha value is -2.21. The van der Waals surface area contributed by atoms with Gasteiger partial charge in [-0.1, -0.05) is 29.8 Å². The zero-order valence-corrected chi connectivity index (χ0v) is 16.7. The van der Waals surface area contributed by atoms with E-state index in [1.165, 1.54) is 0 Å². The lowest BCUT2D eigenvalue weighted by atomic mass is 10.2. The monoisotopic (exact) mass is 397 g/mol. The topological polar surface area (TPSA) is 51.4 Å². The lowest BCUT2D eigenvalue weighted by Gasteiger charge is -2.24. The molecule has 5 nitrogen and oxygen atoms in total. The van der Waals surface area contributed by atoms with Gasteiger partial charge in [0.1, 0.15) is 5.76 Å². The highest BCUT2D eigenvalue weighted by atomic mass is 35.5. The molecule has 1 aromatic carbocycles. The maximum absolute atomic E-state index is 6.31. The fourth-order valence-corrected chi connectivity index (χ4v) is 3.74. The summed E-state index contributed by atoms with van der Waals surface area (Å²) in [6, 6.07) is 13.6. The zero-order valence-electron chi connectivity index (χ0n) is 16.0. The van der Waals surface area contributed by atoms with Crippen molar-refractivity contribution in [3.8, 4) is 11.5 Å². The Morgan fingerprint density at radius 2 is 2.00 bits per heavy atom. The van der Waals surface area contributed by atoms with Crippen molar-refractivity contribution in [2.45, 2.75) is 39.0 Å². The molecule has 1 atom stereocenters.